The van der Waals surface area contributed by atoms with Crippen LogP contribution in [-0.2, 0) is 26.6 Å². The van der Waals surface area contributed by atoms with Gasteiger partial charge in [0.15, 0.2) is 0 Å². The van der Waals surface area contributed by atoms with Crippen molar-refractivity contribution in [1.82, 2.24) is 4.31 Å². The van der Waals surface area contributed by atoms with E-state index in [0.717, 1.165) is 12.0 Å². The SMILES string of the molecule is Cc1ccc(N2CCCCS2(=O)=O)cc1S(=O)(=O)N(Cc1ccccc1)C(C)C. The van der Waals surface area contributed by atoms with Crippen molar-refractivity contribution < 1.29 is 16.8 Å². The minimum absolute atomic E-state index is 0.0923. The van der Waals surface area contributed by atoms with Crippen LogP contribution in [0, 0.1) is 6.92 Å². The van der Waals surface area contributed by atoms with Crippen molar-refractivity contribution in [2.45, 2.75) is 51.1 Å². The van der Waals surface area contributed by atoms with E-state index in [2.05, 4.69) is 0 Å². The van der Waals surface area contributed by atoms with Crippen molar-refractivity contribution in [3.05, 3.63) is 59.7 Å². The highest BCUT2D eigenvalue weighted by atomic mass is 32.2. The molecule has 29 heavy (non-hydrogen) atoms. The Morgan fingerprint density at radius 3 is 2.38 bits per heavy atom. The molecule has 0 amide bonds. The van der Waals surface area contributed by atoms with Gasteiger partial charge in [-0.2, -0.15) is 4.31 Å². The second-order valence-corrected chi connectivity index (χ2v) is 11.5. The summed E-state index contributed by atoms with van der Waals surface area (Å²) in [6.45, 7) is 6.06. The van der Waals surface area contributed by atoms with E-state index in [1.807, 2.05) is 44.2 Å². The summed E-state index contributed by atoms with van der Waals surface area (Å²) in [7, 11) is -7.23. The predicted octanol–water partition coefficient (Wildman–Crippen LogP) is 3.52. The lowest BCUT2D eigenvalue weighted by molar-refractivity contribution is 0.348. The average molecular weight is 437 g/mol. The first-order valence-electron chi connectivity index (χ1n) is 9.80. The number of anilines is 1. The quantitative estimate of drug-likeness (QED) is 0.694. The Bertz CT molecular complexity index is 1070. The molecule has 158 valence electrons. The summed E-state index contributed by atoms with van der Waals surface area (Å²) >= 11 is 0. The molecule has 6 nitrogen and oxygen atoms in total. The van der Waals surface area contributed by atoms with Gasteiger partial charge in [0.2, 0.25) is 20.0 Å². The Morgan fingerprint density at radius 2 is 1.76 bits per heavy atom. The number of hydrogen-bond donors (Lipinski definition) is 0. The van der Waals surface area contributed by atoms with E-state index in [1.54, 1.807) is 19.1 Å². The lowest BCUT2D eigenvalue weighted by Gasteiger charge is -2.30. The van der Waals surface area contributed by atoms with Gasteiger partial charge in [-0.1, -0.05) is 36.4 Å². The van der Waals surface area contributed by atoms with Crippen molar-refractivity contribution in [2.24, 2.45) is 0 Å². The van der Waals surface area contributed by atoms with Crippen LogP contribution in [0.25, 0.3) is 0 Å². The summed E-state index contributed by atoms with van der Waals surface area (Å²) in [6, 6.07) is 14.1. The Hall–Kier alpha value is -1.90. The Labute approximate surface area is 174 Å². The van der Waals surface area contributed by atoms with Gasteiger partial charge in [0.25, 0.3) is 0 Å². The van der Waals surface area contributed by atoms with Crippen molar-refractivity contribution in [1.29, 1.82) is 0 Å². The lowest BCUT2D eigenvalue weighted by Crippen LogP contribution is -2.39. The van der Waals surface area contributed by atoms with Gasteiger partial charge >= 0.3 is 0 Å². The molecule has 0 saturated carbocycles. The molecule has 1 heterocycles. The molecule has 1 fully saturated rings. The number of nitrogens with zero attached hydrogens (tertiary/aromatic N) is 2. The molecular formula is C21H28N2O4S2. The van der Waals surface area contributed by atoms with E-state index < -0.39 is 20.0 Å². The van der Waals surface area contributed by atoms with Crippen LogP contribution in [0.3, 0.4) is 0 Å². The third kappa shape index (κ3) is 4.65. The van der Waals surface area contributed by atoms with E-state index >= 15 is 0 Å². The first-order chi connectivity index (χ1) is 13.6. The summed E-state index contributed by atoms with van der Waals surface area (Å²) in [5.74, 6) is 0.0923. The van der Waals surface area contributed by atoms with E-state index in [4.69, 9.17) is 0 Å². The van der Waals surface area contributed by atoms with Gasteiger partial charge < -0.3 is 0 Å². The zero-order valence-corrected chi connectivity index (χ0v) is 18.7. The third-order valence-electron chi connectivity index (χ3n) is 5.15. The van der Waals surface area contributed by atoms with E-state index in [9.17, 15) is 16.8 Å². The van der Waals surface area contributed by atoms with Crippen LogP contribution in [0.4, 0.5) is 5.69 Å². The first kappa shape index (κ1) is 21.8. The minimum Gasteiger partial charge on any atom is -0.270 e. The number of benzene rings is 2. The second-order valence-electron chi connectivity index (χ2n) is 7.67. The maximum Gasteiger partial charge on any atom is 0.243 e. The van der Waals surface area contributed by atoms with Gasteiger partial charge in [-0.05, 0) is 56.9 Å². The summed E-state index contributed by atoms with van der Waals surface area (Å²) in [5.41, 5.74) is 1.91. The fourth-order valence-electron chi connectivity index (χ4n) is 3.54. The third-order valence-corrected chi connectivity index (χ3v) is 9.19. The largest absolute Gasteiger partial charge is 0.270 e. The molecule has 2 aromatic rings. The van der Waals surface area contributed by atoms with Crippen molar-refractivity contribution >= 4 is 25.7 Å². The van der Waals surface area contributed by atoms with E-state index in [0.29, 0.717) is 24.2 Å². The van der Waals surface area contributed by atoms with Gasteiger partial charge in [0, 0.05) is 19.1 Å². The molecule has 0 aromatic heterocycles. The van der Waals surface area contributed by atoms with E-state index in [1.165, 1.54) is 14.7 Å². The van der Waals surface area contributed by atoms with Gasteiger partial charge in [-0.15, -0.1) is 0 Å². The normalized spacial score (nSPS) is 17.1. The van der Waals surface area contributed by atoms with E-state index in [-0.39, 0.29) is 23.2 Å². The molecule has 0 N–H and O–H groups in total. The highest BCUT2D eigenvalue weighted by Gasteiger charge is 2.31. The first-order valence-corrected chi connectivity index (χ1v) is 12.8. The number of hydrogen-bond acceptors (Lipinski definition) is 4. The zero-order chi connectivity index (χ0) is 21.2. The number of sulfonamides is 2. The molecule has 0 atom stereocenters. The van der Waals surface area contributed by atoms with Crippen LogP contribution in [0.15, 0.2) is 53.4 Å². The fraction of sp³-hybridized carbons (Fsp3) is 0.429. The molecule has 1 aliphatic rings. The van der Waals surface area contributed by atoms with Crippen LogP contribution < -0.4 is 4.31 Å². The average Bonchev–Trinajstić information content (AvgIpc) is 2.67. The summed E-state index contributed by atoms with van der Waals surface area (Å²) in [4.78, 5) is 0.153. The Kier molecular flexibility index (Phi) is 6.36. The minimum atomic E-state index is -3.82. The molecule has 2 aromatic carbocycles. The maximum absolute atomic E-state index is 13.6. The van der Waals surface area contributed by atoms with Crippen LogP contribution >= 0.6 is 0 Å². The summed E-state index contributed by atoms with van der Waals surface area (Å²) < 4.78 is 54.9. The molecule has 3 rings (SSSR count). The highest BCUT2D eigenvalue weighted by Crippen LogP contribution is 2.30. The lowest BCUT2D eigenvalue weighted by atomic mass is 10.2. The second kappa shape index (κ2) is 8.45. The van der Waals surface area contributed by atoms with Gasteiger partial charge in [0.1, 0.15) is 0 Å². The molecule has 0 bridgehead atoms. The highest BCUT2D eigenvalue weighted by molar-refractivity contribution is 7.92. The molecule has 1 aliphatic heterocycles. The molecule has 1 saturated heterocycles. The topological polar surface area (TPSA) is 74.8 Å². The van der Waals surface area contributed by atoms with Crippen molar-refractivity contribution in [3.63, 3.8) is 0 Å². The zero-order valence-electron chi connectivity index (χ0n) is 17.1. The fourth-order valence-corrected chi connectivity index (χ4v) is 7.04. The number of rotatable bonds is 6. The molecule has 0 unspecified atom stereocenters. The summed E-state index contributed by atoms with van der Waals surface area (Å²) in [5, 5.41) is 0. The Balaban J connectivity index is 2.03. The molecular weight excluding hydrogens is 408 g/mol. The molecule has 0 radical (unpaired) electrons. The Morgan fingerprint density at radius 1 is 1.07 bits per heavy atom. The van der Waals surface area contributed by atoms with Crippen LogP contribution in [0.1, 0.15) is 37.8 Å². The molecule has 8 heteroatoms. The molecule has 0 spiro atoms. The smallest absolute Gasteiger partial charge is 0.243 e. The van der Waals surface area contributed by atoms with Gasteiger partial charge in [0.05, 0.1) is 16.3 Å². The van der Waals surface area contributed by atoms with Crippen LogP contribution in [-0.4, -0.2) is 39.5 Å². The van der Waals surface area contributed by atoms with Crippen LogP contribution in [0.2, 0.25) is 0 Å². The van der Waals surface area contributed by atoms with Crippen molar-refractivity contribution in [2.75, 3.05) is 16.6 Å². The van der Waals surface area contributed by atoms with Gasteiger partial charge in [-0.25, -0.2) is 16.8 Å². The van der Waals surface area contributed by atoms with Crippen molar-refractivity contribution in [3.8, 4) is 0 Å². The monoisotopic (exact) mass is 436 g/mol. The predicted molar refractivity (Wildman–Crippen MR) is 116 cm³/mol. The maximum atomic E-state index is 13.6. The number of aryl methyl sites for hydroxylation is 1. The molecule has 0 aliphatic carbocycles. The summed E-state index contributed by atoms with van der Waals surface area (Å²) in [6.07, 6.45) is 1.40. The van der Waals surface area contributed by atoms with Crippen LogP contribution in [0.5, 0.6) is 0 Å². The standard InChI is InChI=1S/C21H28N2O4S2/c1-17(2)23(16-19-9-5-4-6-10-19)29(26,27)21-15-20(12-11-18(21)3)22-13-7-8-14-28(22,24)25/h4-6,9-12,15,17H,7-8,13-14,16H2,1-3H3. The van der Waals surface area contributed by atoms with Gasteiger partial charge in [-0.3, -0.25) is 4.31 Å².